The predicted molar refractivity (Wildman–Crippen MR) is 111 cm³/mol. The van der Waals surface area contributed by atoms with E-state index in [1.807, 2.05) is 30.9 Å². The molecule has 6 nitrogen and oxygen atoms in total. The minimum absolute atomic E-state index is 0.0735. The molecule has 1 fully saturated rings. The Hall–Kier alpha value is -2.67. The molecular weight excluding hydrogens is 385 g/mol. The van der Waals surface area contributed by atoms with E-state index >= 15 is 4.39 Å². The van der Waals surface area contributed by atoms with Crippen LogP contribution < -0.4 is 15.0 Å². The summed E-state index contributed by atoms with van der Waals surface area (Å²) >= 11 is 0. The van der Waals surface area contributed by atoms with Crippen LogP contribution in [0.15, 0.2) is 18.2 Å². The van der Waals surface area contributed by atoms with Crippen LogP contribution in [0.3, 0.4) is 0 Å². The van der Waals surface area contributed by atoms with E-state index in [-0.39, 0.29) is 12.5 Å². The van der Waals surface area contributed by atoms with Crippen LogP contribution in [0.4, 0.5) is 10.2 Å². The zero-order valence-electron chi connectivity index (χ0n) is 17.3. The predicted octanol–water partition coefficient (Wildman–Crippen LogP) is 3.01. The fourth-order valence-electron chi connectivity index (χ4n) is 4.63. The number of piperidine rings is 1. The van der Waals surface area contributed by atoms with E-state index in [0.717, 1.165) is 41.2 Å². The fourth-order valence-corrected chi connectivity index (χ4v) is 4.63. The monoisotopic (exact) mass is 411 g/mol. The number of aromatic nitrogens is 1. The molecule has 2 atom stereocenters. The van der Waals surface area contributed by atoms with Gasteiger partial charge in [-0.1, -0.05) is 6.07 Å². The minimum atomic E-state index is -1.12. The van der Waals surface area contributed by atoms with Crippen LogP contribution in [0.2, 0.25) is 0 Å². The lowest BCUT2D eigenvalue weighted by Crippen LogP contribution is -2.47. The third-order valence-corrected chi connectivity index (χ3v) is 6.47. The van der Waals surface area contributed by atoms with E-state index in [1.165, 1.54) is 5.56 Å². The number of halogens is 1. The van der Waals surface area contributed by atoms with Gasteiger partial charge >= 0.3 is 0 Å². The van der Waals surface area contributed by atoms with Gasteiger partial charge in [0.2, 0.25) is 0 Å². The van der Waals surface area contributed by atoms with Gasteiger partial charge in [0, 0.05) is 13.0 Å². The number of anilines is 1. The number of hydrogen-bond acceptors (Lipinski definition) is 5. The summed E-state index contributed by atoms with van der Waals surface area (Å²) in [5.74, 6) is 1.40. The van der Waals surface area contributed by atoms with Crippen molar-refractivity contribution in [2.75, 3.05) is 24.6 Å². The largest absolute Gasteiger partial charge is 0.487 e. The Bertz CT molecular complexity index is 1010. The van der Waals surface area contributed by atoms with Crippen LogP contribution in [-0.4, -0.2) is 42.9 Å². The van der Waals surface area contributed by atoms with Crippen molar-refractivity contribution in [2.45, 2.75) is 52.1 Å². The molecule has 2 aromatic rings. The number of pyridine rings is 1. The normalized spacial score (nSPS) is 23.0. The number of carbonyl (C=O) groups is 1. The lowest BCUT2D eigenvalue weighted by Gasteiger charge is -2.36. The van der Waals surface area contributed by atoms with E-state index in [2.05, 4.69) is 11.4 Å². The molecule has 1 aromatic carbocycles. The van der Waals surface area contributed by atoms with E-state index < -0.39 is 12.3 Å². The van der Waals surface area contributed by atoms with Gasteiger partial charge in [0.15, 0.2) is 6.17 Å². The molecule has 0 radical (unpaired) electrons. The Labute approximate surface area is 175 Å². The summed E-state index contributed by atoms with van der Waals surface area (Å²) in [4.78, 5) is 18.7. The zero-order chi connectivity index (χ0) is 20.8. The van der Waals surface area contributed by atoms with Crippen LogP contribution in [-0.2, 0) is 24.3 Å². The number of benzene rings is 1. The van der Waals surface area contributed by atoms with Crippen molar-refractivity contribution in [3.8, 4) is 5.75 Å². The number of amides is 1. The number of alkyl halides is 1. The second-order valence-corrected chi connectivity index (χ2v) is 8.33. The van der Waals surface area contributed by atoms with E-state index in [0.29, 0.717) is 37.4 Å². The number of carbonyl (C=O) groups excluding carboxylic acids is 1. The second kappa shape index (κ2) is 7.54. The molecule has 3 aliphatic rings. The highest BCUT2D eigenvalue weighted by Gasteiger charge is 2.34. The van der Waals surface area contributed by atoms with Crippen molar-refractivity contribution in [3.05, 3.63) is 51.7 Å². The summed E-state index contributed by atoms with van der Waals surface area (Å²) in [6.45, 7) is 6.55. The molecule has 5 rings (SSSR count). The van der Waals surface area contributed by atoms with Gasteiger partial charge in [0.1, 0.15) is 17.7 Å². The van der Waals surface area contributed by atoms with Crippen molar-refractivity contribution in [2.24, 2.45) is 0 Å². The number of fused-ring (bicyclic) bond motifs is 2. The maximum absolute atomic E-state index is 15.1. The SMILES string of the molecule is Cc1c(N2CC[C@@H](Oc3ccc4c(c3)COCC4)[C@@H](F)C2)nc2c(c1C)C(=O)NC2. The number of rotatable bonds is 3. The van der Waals surface area contributed by atoms with Crippen molar-refractivity contribution < 1.29 is 18.7 Å². The molecule has 3 aliphatic heterocycles. The first-order valence-corrected chi connectivity index (χ1v) is 10.5. The highest BCUT2D eigenvalue weighted by molar-refractivity contribution is 5.99. The van der Waals surface area contributed by atoms with Crippen molar-refractivity contribution in [1.82, 2.24) is 10.3 Å². The third kappa shape index (κ3) is 3.31. The number of hydrogen-bond donors (Lipinski definition) is 1. The van der Waals surface area contributed by atoms with Crippen LogP contribution in [0, 0.1) is 13.8 Å². The molecule has 1 aromatic heterocycles. The first-order chi connectivity index (χ1) is 14.5. The van der Waals surface area contributed by atoms with Gasteiger partial charge in [-0.25, -0.2) is 9.37 Å². The third-order valence-electron chi connectivity index (χ3n) is 6.47. The average molecular weight is 411 g/mol. The Morgan fingerprint density at radius 1 is 1.27 bits per heavy atom. The highest BCUT2D eigenvalue weighted by atomic mass is 19.1. The average Bonchev–Trinajstić information content (AvgIpc) is 3.13. The summed E-state index contributed by atoms with van der Waals surface area (Å²) in [5, 5.41) is 2.82. The molecule has 158 valence electrons. The Balaban J connectivity index is 1.31. The van der Waals surface area contributed by atoms with E-state index in [4.69, 9.17) is 14.5 Å². The van der Waals surface area contributed by atoms with Gasteiger partial charge in [0.05, 0.1) is 37.6 Å². The fraction of sp³-hybridized carbons (Fsp3) is 0.478. The molecule has 1 amide bonds. The molecule has 0 bridgehead atoms. The van der Waals surface area contributed by atoms with Crippen LogP contribution in [0.1, 0.15) is 44.7 Å². The molecule has 0 aliphatic carbocycles. The summed E-state index contributed by atoms with van der Waals surface area (Å²) in [6.07, 6.45) is -0.125. The van der Waals surface area contributed by atoms with Gasteiger partial charge in [-0.2, -0.15) is 0 Å². The Kier molecular flexibility index (Phi) is 4.85. The molecule has 0 saturated carbocycles. The lowest BCUT2D eigenvalue weighted by atomic mass is 10.0. The maximum atomic E-state index is 15.1. The number of nitrogens with one attached hydrogen (secondary N) is 1. The zero-order valence-corrected chi connectivity index (χ0v) is 17.3. The van der Waals surface area contributed by atoms with Crippen LogP contribution in [0.25, 0.3) is 0 Å². The van der Waals surface area contributed by atoms with Crippen molar-refractivity contribution in [1.29, 1.82) is 0 Å². The molecule has 0 spiro atoms. The minimum Gasteiger partial charge on any atom is -0.487 e. The second-order valence-electron chi connectivity index (χ2n) is 8.33. The van der Waals surface area contributed by atoms with Gasteiger partial charge in [0.25, 0.3) is 5.91 Å². The molecule has 7 heteroatoms. The molecule has 1 N–H and O–H groups in total. The van der Waals surface area contributed by atoms with E-state index in [9.17, 15) is 4.79 Å². The molecule has 30 heavy (non-hydrogen) atoms. The Morgan fingerprint density at radius 3 is 2.97 bits per heavy atom. The standard InChI is InChI=1S/C23H26FN3O3/c1-13-14(2)22(26-19-10-25-23(28)21(13)19)27-7-5-20(18(24)11-27)30-17-4-3-15-6-8-29-12-16(15)9-17/h3-4,9,18,20H,5-8,10-12H2,1-2H3,(H,25,28)/t18-,20+/m0/s1. The molecule has 0 unspecified atom stereocenters. The quantitative estimate of drug-likeness (QED) is 0.841. The first kappa shape index (κ1) is 19.3. The van der Waals surface area contributed by atoms with Crippen LogP contribution >= 0.6 is 0 Å². The van der Waals surface area contributed by atoms with E-state index in [1.54, 1.807) is 0 Å². The number of nitrogens with zero attached hydrogens (tertiary/aromatic N) is 2. The molecular formula is C23H26FN3O3. The summed E-state index contributed by atoms with van der Waals surface area (Å²) < 4.78 is 26.6. The van der Waals surface area contributed by atoms with Crippen molar-refractivity contribution in [3.63, 3.8) is 0 Å². The van der Waals surface area contributed by atoms with Gasteiger partial charge < -0.3 is 19.7 Å². The van der Waals surface area contributed by atoms with Gasteiger partial charge in [-0.15, -0.1) is 0 Å². The topological polar surface area (TPSA) is 63.7 Å². The van der Waals surface area contributed by atoms with Gasteiger partial charge in [-0.3, -0.25) is 4.79 Å². The molecule has 4 heterocycles. The highest BCUT2D eigenvalue weighted by Crippen LogP contribution is 2.32. The van der Waals surface area contributed by atoms with Crippen molar-refractivity contribution >= 4 is 11.7 Å². The number of ether oxygens (including phenoxy) is 2. The first-order valence-electron chi connectivity index (χ1n) is 10.5. The Morgan fingerprint density at radius 2 is 2.13 bits per heavy atom. The summed E-state index contributed by atoms with van der Waals surface area (Å²) in [6, 6.07) is 5.97. The molecule has 1 saturated heterocycles. The smallest absolute Gasteiger partial charge is 0.253 e. The van der Waals surface area contributed by atoms with Gasteiger partial charge in [-0.05, 0) is 54.7 Å². The lowest BCUT2D eigenvalue weighted by molar-refractivity contribution is 0.0806. The summed E-state index contributed by atoms with van der Waals surface area (Å²) in [7, 11) is 0. The maximum Gasteiger partial charge on any atom is 0.253 e. The van der Waals surface area contributed by atoms with Crippen LogP contribution in [0.5, 0.6) is 5.75 Å². The summed E-state index contributed by atoms with van der Waals surface area (Å²) in [5.41, 5.74) is 5.69.